The van der Waals surface area contributed by atoms with Gasteiger partial charge >= 0.3 is 0 Å². The van der Waals surface area contributed by atoms with Crippen molar-refractivity contribution in [2.45, 2.75) is 72.6 Å². The largest absolute Gasteiger partial charge is 0.0654 e. The predicted molar refractivity (Wildman–Crippen MR) is 66.3 cm³/mol. The highest BCUT2D eigenvalue weighted by Gasteiger charge is 2.05. The Morgan fingerprint density at radius 1 is 1.07 bits per heavy atom. The van der Waals surface area contributed by atoms with Crippen LogP contribution in [-0.2, 0) is 0 Å². The highest BCUT2D eigenvalue weighted by molar-refractivity contribution is 4.69. The number of hydrogen-bond donors (Lipinski definition) is 0. The molecule has 0 heterocycles. The fourth-order valence-electron chi connectivity index (χ4n) is 1.85. The minimum Gasteiger partial charge on any atom is -0.0654 e. The van der Waals surface area contributed by atoms with Gasteiger partial charge in [0.1, 0.15) is 0 Å². The van der Waals surface area contributed by atoms with Crippen molar-refractivity contribution >= 4 is 0 Å². The summed E-state index contributed by atoms with van der Waals surface area (Å²) in [6.07, 6.45) is 12.1. The fraction of sp³-hybridized carbons (Fsp3) is 0.929. The van der Waals surface area contributed by atoms with Crippen LogP contribution in [0.3, 0.4) is 0 Å². The van der Waals surface area contributed by atoms with Gasteiger partial charge in [0, 0.05) is 0 Å². The van der Waals surface area contributed by atoms with Crippen molar-refractivity contribution in [3.8, 4) is 0 Å². The third-order valence-electron chi connectivity index (χ3n) is 2.96. The highest BCUT2D eigenvalue weighted by Crippen LogP contribution is 2.20. The number of unbranched alkanes of at least 4 members (excludes halogenated alkanes) is 2. The predicted octanol–water partition coefficient (Wildman–Crippen LogP) is 5.23. The summed E-state index contributed by atoms with van der Waals surface area (Å²) in [5.41, 5.74) is 0. The second-order valence-electron chi connectivity index (χ2n) is 4.91. The Kier molecular flexibility index (Phi) is 9.55. The van der Waals surface area contributed by atoms with Gasteiger partial charge in [-0.3, -0.25) is 0 Å². The molecule has 0 saturated carbocycles. The molecule has 0 rings (SSSR count). The molecule has 0 spiro atoms. The molecule has 0 heteroatoms. The molecule has 1 unspecified atom stereocenters. The fourth-order valence-corrected chi connectivity index (χ4v) is 1.85. The molecule has 0 N–H and O–H groups in total. The van der Waals surface area contributed by atoms with Crippen molar-refractivity contribution in [2.24, 2.45) is 11.8 Å². The van der Waals surface area contributed by atoms with Crippen LogP contribution in [0.25, 0.3) is 0 Å². The Morgan fingerprint density at radius 3 is 2.29 bits per heavy atom. The van der Waals surface area contributed by atoms with Crippen LogP contribution in [0.4, 0.5) is 0 Å². The minimum absolute atomic E-state index is 0.839. The van der Waals surface area contributed by atoms with Crippen LogP contribution in [0.2, 0.25) is 0 Å². The summed E-state index contributed by atoms with van der Waals surface area (Å²) in [7, 11) is 0. The van der Waals surface area contributed by atoms with Crippen LogP contribution in [-0.4, -0.2) is 0 Å². The smallest absolute Gasteiger partial charge is 0.0383 e. The van der Waals surface area contributed by atoms with E-state index in [4.69, 9.17) is 0 Å². The Balaban J connectivity index is 3.33. The van der Waals surface area contributed by atoms with Crippen LogP contribution >= 0.6 is 0 Å². The van der Waals surface area contributed by atoms with Crippen LogP contribution in [0.5, 0.6) is 0 Å². The van der Waals surface area contributed by atoms with Crippen molar-refractivity contribution in [2.75, 3.05) is 0 Å². The zero-order valence-electron chi connectivity index (χ0n) is 10.7. The average molecular weight is 197 g/mol. The molecule has 85 valence electrons. The summed E-state index contributed by atoms with van der Waals surface area (Å²) < 4.78 is 0. The first kappa shape index (κ1) is 14.0. The molecular formula is C14H29. The Labute approximate surface area is 91.5 Å². The molecule has 0 aromatic rings. The molecule has 14 heavy (non-hydrogen) atoms. The number of rotatable bonds is 9. The number of hydrogen-bond acceptors (Lipinski definition) is 0. The van der Waals surface area contributed by atoms with Crippen LogP contribution in [0, 0.1) is 18.3 Å². The monoisotopic (exact) mass is 197 g/mol. The molecule has 0 bridgehead atoms. The zero-order chi connectivity index (χ0) is 10.8. The molecule has 0 aliphatic heterocycles. The molecule has 1 atom stereocenters. The average Bonchev–Trinajstić information content (AvgIpc) is 2.16. The van der Waals surface area contributed by atoms with E-state index in [0.29, 0.717) is 0 Å². The summed E-state index contributed by atoms with van der Waals surface area (Å²) in [5.74, 6) is 1.82. The van der Waals surface area contributed by atoms with Crippen molar-refractivity contribution < 1.29 is 0 Å². The van der Waals surface area contributed by atoms with E-state index in [0.717, 1.165) is 11.8 Å². The van der Waals surface area contributed by atoms with Gasteiger partial charge in [0.15, 0.2) is 0 Å². The van der Waals surface area contributed by atoms with Gasteiger partial charge in [-0.25, -0.2) is 0 Å². The first-order valence-corrected chi connectivity index (χ1v) is 6.52. The van der Waals surface area contributed by atoms with Crippen LogP contribution in [0.1, 0.15) is 72.6 Å². The van der Waals surface area contributed by atoms with E-state index in [1.54, 1.807) is 0 Å². The van der Waals surface area contributed by atoms with Crippen molar-refractivity contribution in [1.82, 2.24) is 0 Å². The normalized spacial score (nSPS) is 13.5. The van der Waals surface area contributed by atoms with E-state index in [2.05, 4.69) is 34.1 Å². The topological polar surface area (TPSA) is 0 Å². The summed E-state index contributed by atoms with van der Waals surface area (Å²) in [4.78, 5) is 0. The molecular weight excluding hydrogens is 168 g/mol. The quantitative estimate of drug-likeness (QED) is 0.444. The maximum Gasteiger partial charge on any atom is -0.0383 e. The van der Waals surface area contributed by atoms with Gasteiger partial charge < -0.3 is 0 Å². The van der Waals surface area contributed by atoms with Crippen molar-refractivity contribution in [1.29, 1.82) is 0 Å². The lowest BCUT2D eigenvalue weighted by atomic mass is 9.92. The summed E-state index contributed by atoms with van der Waals surface area (Å²) >= 11 is 0. The lowest BCUT2D eigenvalue weighted by Crippen LogP contribution is -1.99. The van der Waals surface area contributed by atoms with Gasteiger partial charge in [0.05, 0.1) is 0 Å². The molecule has 0 nitrogen and oxygen atoms in total. The Morgan fingerprint density at radius 2 is 1.79 bits per heavy atom. The molecule has 0 saturated heterocycles. The van der Waals surface area contributed by atoms with Crippen molar-refractivity contribution in [3.63, 3.8) is 0 Å². The van der Waals surface area contributed by atoms with Crippen molar-refractivity contribution in [3.05, 3.63) is 6.42 Å². The van der Waals surface area contributed by atoms with E-state index >= 15 is 0 Å². The third-order valence-corrected chi connectivity index (χ3v) is 2.96. The van der Waals surface area contributed by atoms with Gasteiger partial charge in [-0.05, 0) is 31.1 Å². The molecule has 0 aliphatic rings. The molecule has 0 fully saturated rings. The maximum absolute atomic E-state index is 2.49. The van der Waals surface area contributed by atoms with Gasteiger partial charge in [0.25, 0.3) is 0 Å². The third kappa shape index (κ3) is 8.59. The first-order chi connectivity index (χ1) is 6.70. The molecule has 0 aromatic heterocycles. The molecule has 0 aliphatic carbocycles. The first-order valence-electron chi connectivity index (χ1n) is 6.52. The Bertz CT molecular complexity index is 105. The summed E-state index contributed by atoms with van der Waals surface area (Å²) in [5, 5.41) is 0. The summed E-state index contributed by atoms with van der Waals surface area (Å²) in [6.45, 7) is 9.22. The van der Waals surface area contributed by atoms with Crippen LogP contribution in [0.15, 0.2) is 0 Å². The van der Waals surface area contributed by atoms with Gasteiger partial charge in [-0.15, -0.1) is 0 Å². The summed E-state index contributed by atoms with van der Waals surface area (Å²) in [6, 6.07) is 0. The van der Waals surface area contributed by atoms with E-state index in [9.17, 15) is 0 Å². The second kappa shape index (κ2) is 9.55. The minimum atomic E-state index is 0.839. The SMILES string of the molecule is CCCCC(CC)CC[CH]CC(C)C. The Hall–Kier alpha value is 0. The van der Waals surface area contributed by atoms with Gasteiger partial charge in [-0.2, -0.15) is 0 Å². The van der Waals surface area contributed by atoms with E-state index in [1.807, 2.05) is 0 Å². The van der Waals surface area contributed by atoms with Gasteiger partial charge in [-0.1, -0.05) is 59.8 Å². The van der Waals surface area contributed by atoms with Crippen LogP contribution < -0.4 is 0 Å². The maximum atomic E-state index is 2.49. The molecule has 0 amide bonds. The zero-order valence-corrected chi connectivity index (χ0v) is 10.7. The highest BCUT2D eigenvalue weighted by atomic mass is 14.1. The lowest BCUT2D eigenvalue weighted by Gasteiger charge is -2.14. The standard InChI is InChI=1S/C14H29/c1-5-7-11-14(6-2)12-9-8-10-13(3)4/h8,13-14H,5-7,9-12H2,1-4H3. The lowest BCUT2D eigenvalue weighted by molar-refractivity contribution is 0.415. The molecule has 0 aromatic carbocycles. The molecule has 1 radical (unpaired) electrons. The van der Waals surface area contributed by atoms with Gasteiger partial charge in [0.2, 0.25) is 0 Å². The second-order valence-corrected chi connectivity index (χ2v) is 4.91. The van der Waals surface area contributed by atoms with E-state index < -0.39 is 0 Å². The van der Waals surface area contributed by atoms with E-state index in [1.165, 1.54) is 44.9 Å². The van der Waals surface area contributed by atoms with E-state index in [-0.39, 0.29) is 0 Å².